The molecular weight excluding hydrogens is 557 g/mol. The highest BCUT2D eigenvalue weighted by molar-refractivity contribution is 7.09. The number of esters is 1. The minimum absolute atomic E-state index is 0.0447. The van der Waals surface area contributed by atoms with Crippen LogP contribution in [0.1, 0.15) is 74.9 Å². The van der Waals surface area contributed by atoms with E-state index in [1.807, 2.05) is 6.07 Å². The summed E-state index contributed by atoms with van der Waals surface area (Å²) < 4.78 is 30.9. The zero-order chi connectivity index (χ0) is 31.1. The molecule has 0 radical (unpaired) electrons. The van der Waals surface area contributed by atoms with Gasteiger partial charge in [-0.25, -0.2) is 14.2 Å². The number of hydrogen-bond acceptors (Lipinski definition) is 8. The van der Waals surface area contributed by atoms with Crippen LogP contribution in [0.3, 0.4) is 0 Å². The molecule has 9 nitrogen and oxygen atoms in total. The molecule has 1 fully saturated rings. The van der Waals surface area contributed by atoms with Gasteiger partial charge in [-0.1, -0.05) is 26.8 Å². The van der Waals surface area contributed by atoms with E-state index in [0.29, 0.717) is 10.8 Å². The topological polar surface area (TPSA) is 89.8 Å². The first kappa shape index (κ1) is 31.6. The number of rotatable bonds is 8. The maximum absolute atomic E-state index is 17.7. The highest BCUT2D eigenvalue weighted by atomic mass is 32.1. The van der Waals surface area contributed by atoms with E-state index in [-0.39, 0.29) is 30.5 Å². The fraction of sp³-hybridized carbons (Fsp3) is 0.548. The maximum Gasteiger partial charge on any atom is 0.334 e. The third kappa shape index (κ3) is 6.22. The van der Waals surface area contributed by atoms with Crippen LogP contribution in [-0.4, -0.2) is 81.0 Å². The van der Waals surface area contributed by atoms with Crippen molar-refractivity contribution >= 4 is 23.2 Å². The van der Waals surface area contributed by atoms with Crippen molar-refractivity contribution in [2.75, 3.05) is 27.7 Å². The molecule has 0 aliphatic carbocycles. The molecular formula is C31H42FN5O4S. The van der Waals surface area contributed by atoms with Crippen molar-refractivity contribution in [3.8, 4) is 5.75 Å². The lowest BCUT2D eigenvalue weighted by molar-refractivity contribution is -0.168. The van der Waals surface area contributed by atoms with Crippen LogP contribution in [0.4, 0.5) is 4.39 Å². The summed E-state index contributed by atoms with van der Waals surface area (Å²) in [5.41, 5.74) is -3.74. The molecule has 0 N–H and O–H groups in total. The van der Waals surface area contributed by atoms with E-state index >= 15 is 4.39 Å². The van der Waals surface area contributed by atoms with E-state index in [4.69, 9.17) is 9.47 Å². The van der Waals surface area contributed by atoms with Gasteiger partial charge in [0.25, 0.3) is 5.91 Å². The van der Waals surface area contributed by atoms with Gasteiger partial charge >= 0.3 is 5.97 Å². The number of hydrogen-bond donors (Lipinski definition) is 0. The second kappa shape index (κ2) is 11.4. The van der Waals surface area contributed by atoms with Crippen molar-refractivity contribution < 1.29 is 23.5 Å². The average Bonchev–Trinajstić information content (AvgIpc) is 3.62. The van der Waals surface area contributed by atoms with Crippen molar-refractivity contribution in [1.82, 2.24) is 24.6 Å². The lowest BCUT2D eigenvalue weighted by Gasteiger charge is -2.40. The Balaban J connectivity index is 2.00. The van der Waals surface area contributed by atoms with Crippen molar-refractivity contribution in [1.29, 1.82) is 0 Å². The number of nitrogens with zero attached hydrogens (tertiary/aromatic N) is 5. The van der Waals surface area contributed by atoms with Gasteiger partial charge in [-0.3, -0.25) is 9.48 Å². The monoisotopic (exact) mass is 599 g/mol. The Morgan fingerprint density at radius 2 is 1.88 bits per heavy atom. The van der Waals surface area contributed by atoms with E-state index in [9.17, 15) is 9.59 Å². The summed E-state index contributed by atoms with van der Waals surface area (Å²) in [6.07, 6.45) is 4.56. The highest BCUT2D eigenvalue weighted by Crippen LogP contribution is 2.54. The molecule has 3 aromatic rings. The molecule has 1 amide bonds. The van der Waals surface area contributed by atoms with Gasteiger partial charge in [0.1, 0.15) is 22.4 Å². The van der Waals surface area contributed by atoms with Crippen molar-refractivity contribution in [2.45, 2.75) is 82.8 Å². The molecule has 228 valence electrons. The zero-order valence-corrected chi connectivity index (χ0v) is 26.8. The van der Waals surface area contributed by atoms with Gasteiger partial charge in [0.2, 0.25) is 0 Å². The standard InChI is InChI=1S/C31H42FN5O4S/c1-28(2,3)22-12-11-21(17-23(22)40-9)26(38)37-24(25-33-14-16-42-25)30(32,19-35(7)8)18-31(37,20-36-15-10-13-34-36)27(39)41-29(4,5)6/h10-17,24H,18-20H2,1-9H3. The van der Waals surface area contributed by atoms with Gasteiger partial charge in [0.05, 0.1) is 13.7 Å². The molecule has 1 aliphatic rings. The van der Waals surface area contributed by atoms with Crippen LogP contribution in [0.2, 0.25) is 0 Å². The molecule has 42 heavy (non-hydrogen) atoms. The third-order valence-electron chi connectivity index (χ3n) is 7.30. The minimum atomic E-state index is -2.05. The Kier molecular flexibility index (Phi) is 8.59. The Hall–Kier alpha value is -3.31. The summed E-state index contributed by atoms with van der Waals surface area (Å²) in [6.45, 7) is 11.3. The van der Waals surface area contributed by atoms with E-state index < -0.39 is 34.7 Å². The minimum Gasteiger partial charge on any atom is -0.496 e. The second-order valence-electron chi connectivity index (χ2n) is 13.3. The number of aromatic nitrogens is 3. The largest absolute Gasteiger partial charge is 0.496 e. The van der Waals surface area contributed by atoms with Crippen LogP contribution in [0.25, 0.3) is 0 Å². The summed E-state index contributed by atoms with van der Waals surface area (Å²) in [7, 11) is 5.09. The van der Waals surface area contributed by atoms with Crippen LogP contribution in [-0.2, 0) is 21.5 Å². The number of amides is 1. The van der Waals surface area contributed by atoms with E-state index in [1.165, 1.54) is 16.2 Å². The van der Waals surface area contributed by atoms with Crippen LogP contribution < -0.4 is 4.74 Å². The highest BCUT2D eigenvalue weighted by Gasteiger charge is 2.68. The van der Waals surface area contributed by atoms with Crippen LogP contribution in [0, 0.1) is 0 Å². The molecule has 0 bridgehead atoms. The maximum atomic E-state index is 17.7. The summed E-state index contributed by atoms with van der Waals surface area (Å²) in [4.78, 5) is 36.7. The number of methoxy groups -OCH3 is 1. The fourth-order valence-electron chi connectivity index (χ4n) is 5.81. The SMILES string of the molecule is COc1cc(C(=O)N2C(c3nccs3)C(F)(CN(C)C)CC2(Cn2cccn2)C(=O)OC(C)(C)C)ccc1C(C)(C)C. The molecule has 2 aromatic heterocycles. The Bertz CT molecular complexity index is 1400. The Labute approximate surface area is 251 Å². The number of likely N-dealkylation sites (tertiary alicyclic amines) is 1. The van der Waals surface area contributed by atoms with Crippen LogP contribution in [0.15, 0.2) is 48.2 Å². The first-order valence-electron chi connectivity index (χ1n) is 14.0. The zero-order valence-electron chi connectivity index (χ0n) is 26.0. The first-order valence-corrected chi connectivity index (χ1v) is 14.8. The Morgan fingerprint density at radius 3 is 2.40 bits per heavy atom. The predicted molar refractivity (Wildman–Crippen MR) is 161 cm³/mol. The van der Waals surface area contributed by atoms with E-state index in [1.54, 1.807) is 93.7 Å². The number of carbonyl (C=O) groups is 2. The van der Waals surface area contributed by atoms with Crippen molar-refractivity contribution in [3.05, 3.63) is 64.4 Å². The summed E-state index contributed by atoms with van der Waals surface area (Å²) in [6, 6.07) is 5.79. The van der Waals surface area contributed by atoms with Crippen molar-refractivity contribution in [2.24, 2.45) is 0 Å². The molecule has 3 unspecified atom stereocenters. The number of alkyl halides is 1. The molecule has 0 saturated carbocycles. The predicted octanol–water partition coefficient (Wildman–Crippen LogP) is 5.28. The van der Waals surface area contributed by atoms with Gasteiger partial charge in [0, 0.05) is 42.5 Å². The molecule has 3 atom stereocenters. The number of halogens is 1. The van der Waals surface area contributed by atoms with Gasteiger partial charge in [-0.15, -0.1) is 11.3 Å². The first-order chi connectivity index (χ1) is 19.5. The smallest absolute Gasteiger partial charge is 0.334 e. The van der Waals surface area contributed by atoms with E-state index in [2.05, 4.69) is 30.9 Å². The molecule has 3 heterocycles. The van der Waals surface area contributed by atoms with Crippen LogP contribution in [0.5, 0.6) is 5.75 Å². The lowest BCUT2D eigenvalue weighted by atomic mass is 9.85. The molecule has 11 heteroatoms. The lowest BCUT2D eigenvalue weighted by Crippen LogP contribution is -2.58. The number of ether oxygens (including phenoxy) is 2. The second-order valence-corrected chi connectivity index (χ2v) is 14.2. The van der Waals surface area contributed by atoms with E-state index in [0.717, 1.165) is 5.56 Å². The number of thiazole rings is 1. The summed E-state index contributed by atoms with van der Waals surface area (Å²) in [5.74, 6) is -0.685. The quantitative estimate of drug-likeness (QED) is 0.326. The normalized spacial score (nSPS) is 22.9. The molecule has 4 rings (SSSR count). The van der Waals surface area contributed by atoms with Gasteiger partial charge in [0.15, 0.2) is 11.2 Å². The molecule has 1 aromatic carbocycles. The molecule has 1 saturated heterocycles. The Morgan fingerprint density at radius 1 is 1.17 bits per heavy atom. The van der Waals surface area contributed by atoms with Gasteiger partial charge in [-0.2, -0.15) is 5.10 Å². The molecule has 1 aliphatic heterocycles. The number of benzene rings is 1. The van der Waals surface area contributed by atoms with Crippen LogP contribution >= 0.6 is 11.3 Å². The van der Waals surface area contributed by atoms with Crippen molar-refractivity contribution in [3.63, 3.8) is 0 Å². The van der Waals surface area contributed by atoms with Gasteiger partial charge < -0.3 is 19.3 Å². The third-order valence-corrected chi connectivity index (χ3v) is 8.12. The fourth-order valence-corrected chi connectivity index (χ4v) is 6.64. The average molecular weight is 600 g/mol. The summed E-state index contributed by atoms with van der Waals surface area (Å²) >= 11 is 1.25. The van der Waals surface area contributed by atoms with Gasteiger partial charge in [-0.05, 0) is 64.0 Å². The number of carbonyl (C=O) groups excluding carboxylic acids is 2. The molecule has 0 spiro atoms. The summed E-state index contributed by atoms with van der Waals surface area (Å²) in [5, 5.41) is 6.48.